The summed E-state index contributed by atoms with van der Waals surface area (Å²) in [6.45, 7) is 4.19. The molecule has 0 atom stereocenters. The molecular weight excluding hydrogens is 116 g/mol. The molecule has 9 heavy (non-hydrogen) atoms. The van der Waals surface area contributed by atoms with E-state index in [2.05, 4.69) is 17.6 Å². The van der Waals surface area contributed by atoms with E-state index < -0.39 is 0 Å². The average molecular weight is 126 g/mol. The minimum absolute atomic E-state index is 0.199. The number of carbonyl (C=O) groups is 1. The van der Waals surface area contributed by atoms with Crippen molar-refractivity contribution >= 4 is 5.91 Å². The molecule has 0 aliphatic rings. The van der Waals surface area contributed by atoms with Crippen molar-refractivity contribution in [1.29, 1.82) is 0 Å². The summed E-state index contributed by atoms with van der Waals surface area (Å²) in [7, 11) is 0. The van der Waals surface area contributed by atoms with E-state index in [0.717, 1.165) is 0 Å². The molecule has 0 bridgehead atoms. The fourth-order valence-corrected chi connectivity index (χ4v) is 0.339. The van der Waals surface area contributed by atoms with Gasteiger partial charge in [-0.15, -0.1) is 5.73 Å². The molecule has 0 rings (SSSR count). The topological polar surface area (TPSA) is 55.1 Å². The van der Waals surface area contributed by atoms with Crippen LogP contribution in [0.25, 0.3) is 0 Å². The van der Waals surface area contributed by atoms with Gasteiger partial charge in [-0.1, -0.05) is 6.58 Å². The fraction of sp³-hybridized carbons (Fsp3) is 0.333. The molecule has 0 aliphatic heterocycles. The monoisotopic (exact) mass is 126 g/mol. The van der Waals surface area contributed by atoms with E-state index in [1.54, 1.807) is 0 Å². The summed E-state index contributed by atoms with van der Waals surface area (Å²) in [5.74, 6) is -0.199. The van der Waals surface area contributed by atoms with Crippen molar-refractivity contribution < 1.29 is 4.79 Å². The van der Waals surface area contributed by atoms with Crippen LogP contribution in [0.5, 0.6) is 0 Å². The lowest BCUT2D eigenvalue weighted by molar-refractivity contribution is -0.116. The van der Waals surface area contributed by atoms with Crippen LogP contribution in [0, 0.1) is 0 Å². The summed E-state index contributed by atoms with van der Waals surface area (Å²) >= 11 is 0. The van der Waals surface area contributed by atoms with Gasteiger partial charge < -0.3 is 11.1 Å². The van der Waals surface area contributed by atoms with Crippen molar-refractivity contribution in [2.45, 2.75) is 0 Å². The normalized spacial score (nSPS) is 7.67. The lowest BCUT2D eigenvalue weighted by Gasteiger charge is -1.94. The molecular formula is C6H10N2O. The lowest BCUT2D eigenvalue weighted by Crippen LogP contribution is -2.27. The molecule has 1 amide bonds. The van der Waals surface area contributed by atoms with Crippen LogP contribution in [-0.2, 0) is 4.79 Å². The van der Waals surface area contributed by atoms with E-state index in [-0.39, 0.29) is 5.91 Å². The van der Waals surface area contributed by atoms with Gasteiger partial charge in [0.05, 0.1) is 0 Å². The summed E-state index contributed by atoms with van der Waals surface area (Å²) in [5, 5.41) is 2.51. The van der Waals surface area contributed by atoms with Crippen LogP contribution < -0.4 is 11.1 Å². The Morgan fingerprint density at radius 1 is 1.89 bits per heavy atom. The zero-order valence-corrected chi connectivity index (χ0v) is 5.18. The van der Waals surface area contributed by atoms with E-state index in [0.29, 0.717) is 13.1 Å². The van der Waals surface area contributed by atoms with Crippen molar-refractivity contribution in [1.82, 2.24) is 5.32 Å². The molecule has 0 radical (unpaired) electrons. The zero-order chi connectivity index (χ0) is 7.11. The first kappa shape index (κ1) is 7.95. The van der Waals surface area contributed by atoms with Crippen molar-refractivity contribution in [3.8, 4) is 0 Å². The van der Waals surface area contributed by atoms with Crippen LogP contribution in [0.15, 0.2) is 18.4 Å². The smallest absolute Gasteiger partial charge is 0.251 e. The van der Waals surface area contributed by atoms with Crippen LogP contribution in [0.2, 0.25) is 0 Å². The molecule has 0 aliphatic carbocycles. The zero-order valence-electron chi connectivity index (χ0n) is 5.18. The third-order valence-corrected chi connectivity index (χ3v) is 0.677. The summed E-state index contributed by atoms with van der Waals surface area (Å²) in [5.41, 5.74) is 7.46. The molecule has 0 aromatic rings. The molecule has 0 unspecified atom stereocenters. The number of rotatable bonds is 3. The molecule has 0 saturated heterocycles. The number of carbonyl (C=O) groups excluding carboxylic acids is 1. The number of hydrogen-bond donors (Lipinski definition) is 2. The summed E-state index contributed by atoms with van der Waals surface area (Å²) in [6.07, 6.45) is 1.23. The number of amides is 1. The molecule has 50 valence electrons. The van der Waals surface area contributed by atoms with E-state index >= 15 is 0 Å². The number of nitrogens with one attached hydrogen (secondary N) is 1. The van der Waals surface area contributed by atoms with E-state index in [4.69, 9.17) is 5.73 Å². The van der Waals surface area contributed by atoms with Gasteiger partial charge in [0.1, 0.15) is 0 Å². The summed E-state index contributed by atoms with van der Waals surface area (Å²) in [6, 6.07) is 0. The maximum atomic E-state index is 10.5. The van der Waals surface area contributed by atoms with Crippen LogP contribution in [0.3, 0.4) is 0 Å². The Bertz CT molecular complexity index is 136. The first-order valence-corrected chi connectivity index (χ1v) is 2.65. The quantitative estimate of drug-likeness (QED) is 0.392. The van der Waals surface area contributed by atoms with Gasteiger partial charge in [-0.2, -0.15) is 0 Å². The van der Waals surface area contributed by atoms with Gasteiger partial charge in [0.15, 0.2) is 0 Å². The third-order valence-electron chi connectivity index (χ3n) is 0.677. The summed E-state index contributed by atoms with van der Waals surface area (Å²) < 4.78 is 0. The molecule has 0 aromatic heterocycles. The van der Waals surface area contributed by atoms with Gasteiger partial charge in [0, 0.05) is 19.2 Å². The number of hydrogen-bond acceptors (Lipinski definition) is 2. The molecule has 0 fully saturated rings. The maximum absolute atomic E-state index is 10.5. The first-order chi connectivity index (χ1) is 4.31. The largest absolute Gasteiger partial charge is 0.351 e. The number of nitrogens with two attached hydrogens (primary N) is 1. The Morgan fingerprint density at radius 3 is 3.00 bits per heavy atom. The second kappa shape index (κ2) is 5.09. The highest BCUT2D eigenvalue weighted by molar-refractivity contribution is 5.87. The highest BCUT2D eigenvalue weighted by Crippen LogP contribution is 1.64. The van der Waals surface area contributed by atoms with Crippen molar-refractivity contribution in [3.63, 3.8) is 0 Å². The predicted molar refractivity (Wildman–Crippen MR) is 35.8 cm³/mol. The third kappa shape index (κ3) is 4.81. The second-order valence-corrected chi connectivity index (χ2v) is 1.43. The van der Waals surface area contributed by atoms with Gasteiger partial charge in [-0.3, -0.25) is 4.79 Å². The highest BCUT2D eigenvalue weighted by Gasteiger charge is 1.88. The maximum Gasteiger partial charge on any atom is 0.251 e. The molecule has 3 nitrogen and oxygen atoms in total. The van der Waals surface area contributed by atoms with Gasteiger partial charge in [0.25, 0.3) is 5.91 Å². The van der Waals surface area contributed by atoms with Crippen molar-refractivity contribution in [2.24, 2.45) is 5.73 Å². The molecule has 0 saturated carbocycles. The van der Waals surface area contributed by atoms with E-state index in [1.807, 2.05) is 0 Å². The molecule has 0 spiro atoms. The van der Waals surface area contributed by atoms with Gasteiger partial charge in [-0.25, -0.2) is 0 Å². The summed E-state index contributed by atoms with van der Waals surface area (Å²) in [4.78, 5) is 10.5. The average Bonchev–Trinajstić information content (AvgIpc) is 1.85. The van der Waals surface area contributed by atoms with Crippen LogP contribution in [0.4, 0.5) is 0 Å². The Balaban J connectivity index is 3.39. The molecule has 3 heteroatoms. The van der Waals surface area contributed by atoms with Crippen molar-refractivity contribution in [3.05, 3.63) is 18.4 Å². The van der Waals surface area contributed by atoms with E-state index in [1.165, 1.54) is 6.08 Å². The van der Waals surface area contributed by atoms with Gasteiger partial charge in [-0.05, 0) is 0 Å². The lowest BCUT2D eigenvalue weighted by atomic mass is 10.5. The molecule has 3 N–H and O–H groups in total. The SMILES string of the molecule is C=C=CC(=O)NCCN. The Kier molecular flexibility index (Phi) is 4.50. The minimum Gasteiger partial charge on any atom is -0.351 e. The van der Waals surface area contributed by atoms with Crippen molar-refractivity contribution in [2.75, 3.05) is 13.1 Å². The molecule has 0 aromatic carbocycles. The van der Waals surface area contributed by atoms with Crippen LogP contribution >= 0.6 is 0 Å². The van der Waals surface area contributed by atoms with Gasteiger partial charge >= 0.3 is 0 Å². The first-order valence-electron chi connectivity index (χ1n) is 2.65. The second-order valence-electron chi connectivity index (χ2n) is 1.43. The van der Waals surface area contributed by atoms with Gasteiger partial charge in [0.2, 0.25) is 0 Å². The Morgan fingerprint density at radius 2 is 2.56 bits per heavy atom. The minimum atomic E-state index is -0.199. The van der Waals surface area contributed by atoms with Crippen LogP contribution in [0.1, 0.15) is 0 Å². The van der Waals surface area contributed by atoms with E-state index in [9.17, 15) is 4.79 Å². The molecule has 0 heterocycles. The van der Waals surface area contributed by atoms with Crippen LogP contribution in [-0.4, -0.2) is 19.0 Å². The Labute approximate surface area is 54.2 Å². The standard InChI is InChI=1S/C6H10N2O/c1-2-3-6(9)8-5-4-7/h3H,1,4-5,7H2,(H,8,9). The Hall–Kier alpha value is -1.05. The predicted octanol–water partition coefficient (Wildman–Crippen LogP) is -0.598. The fourth-order valence-electron chi connectivity index (χ4n) is 0.339. The highest BCUT2D eigenvalue weighted by atomic mass is 16.1.